The number of nitrogens with zero attached hydrogens (tertiary/aromatic N) is 3. The number of hydrogen-bond acceptors (Lipinski definition) is 0. The number of fused-ring (bicyclic) bond motifs is 9. The second kappa shape index (κ2) is 19.4. The van der Waals surface area contributed by atoms with E-state index < -0.39 is 8.07 Å². The molecule has 0 fully saturated rings. The van der Waals surface area contributed by atoms with E-state index in [1.54, 1.807) is 0 Å². The van der Waals surface area contributed by atoms with Crippen molar-refractivity contribution in [3.8, 4) is 50.4 Å². The fourth-order valence-corrected chi connectivity index (χ4v) is 18.4. The fourth-order valence-electron chi connectivity index (χ4n) is 13.6. The number of benzene rings is 13. The molecule has 0 atom stereocenters. The SMILES string of the molecule is c1ccc(-c2ccc3c(c2)c2ccccc2n3-c2ccc3c(c2)c2ccccc2n3-c2cc(-c3ccccc3-c3cccc([Si](c4ccccc4)(c4ccccc4)c4ccccc4)c3)cc(-n3c4ccccc4c4ccccc43)c2)cc1. The highest BCUT2D eigenvalue weighted by Crippen LogP contribution is 2.42. The largest absolute Gasteiger partial charge is 0.309 e. The summed E-state index contributed by atoms with van der Waals surface area (Å²) in [6.07, 6.45) is 0. The lowest BCUT2D eigenvalue weighted by Gasteiger charge is -2.34. The molecule has 0 N–H and O–H groups in total. The molecule has 3 heterocycles. The van der Waals surface area contributed by atoms with Crippen molar-refractivity contribution in [1.29, 1.82) is 0 Å². The summed E-state index contributed by atoms with van der Waals surface area (Å²) in [5.74, 6) is 0. The molecule has 16 aromatic rings. The second-order valence-electron chi connectivity index (χ2n) is 21.6. The standard InChI is InChI=1S/C78H53N3Si/c1-5-24-54(25-6-1)55-44-46-77-71(51-55)69-38-17-21-42-75(69)79(77)58-45-47-78-72(53-58)70-39-18-22-43-76(70)81(78)60-49-57(48-59(52-60)80-73-40-19-15-36-67(73)68-37-16-20-41-74(68)80)66-35-14-13-34-65(66)56-26-23-33-64(50-56)82(61-27-7-2-8-28-61,62-29-9-3-10-30-62)63-31-11-4-12-32-63/h1-53H. The van der Waals surface area contributed by atoms with Crippen LogP contribution >= 0.6 is 0 Å². The third kappa shape index (κ3) is 7.50. The van der Waals surface area contributed by atoms with E-state index in [4.69, 9.17) is 0 Å². The Morgan fingerprint density at radius 3 is 1.06 bits per heavy atom. The monoisotopic (exact) mass is 1060 g/mol. The molecule has 0 spiro atoms. The molecule has 0 bridgehead atoms. The van der Waals surface area contributed by atoms with E-state index >= 15 is 0 Å². The Hall–Kier alpha value is -10.5. The van der Waals surface area contributed by atoms with Crippen molar-refractivity contribution in [1.82, 2.24) is 13.7 Å². The van der Waals surface area contributed by atoms with Crippen molar-refractivity contribution in [2.24, 2.45) is 0 Å². The van der Waals surface area contributed by atoms with Crippen LogP contribution in [0.25, 0.3) is 116 Å². The maximum Gasteiger partial charge on any atom is 0.179 e. The van der Waals surface area contributed by atoms with Gasteiger partial charge in [-0.25, -0.2) is 0 Å². The van der Waals surface area contributed by atoms with Gasteiger partial charge >= 0.3 is 0 Å². The summed E-state index contributed by atoms with van der Waals surface area (Å²) < 4.78 is 7.41. The molecule has 0 aliphatic heterocycles. The molecule has 4 heteroatoms. The van der Waals surface area contributed by atoms with E-state index in [2.05, 4.69) is 335 Å². The Bertz CT molecular complexity index is 4940. The summed E-state index contributed by atoms with van der Waals surface area (Å²) in [6, 6.07) is 120. The maximum atomic E-state index is 2.50. The van der Waals surface area contributed by atoms with Gasteiger partial charge in [0.15, 0.2) is 8.07 Å². The summed E-state index contributed by atoms with van der Waals surface area (Å²) in [5.41, 5.74) is 17.4. The van der Waals surface area contributed by atoms with Gasteiger partial charge in [0.1, 0.15) is 0 Å². The molecule has 3 nitrogen and oxygen atoms in total. The Balaban J connectivity index is 0.921. The zero-order valence-corrected chi connectivity index (χ0v) is 45.9. The van der Waals surface area contributed by atoms with Gasteiger partial charge in [-0.3, -0.25) is 0 Å². The molecule has 16 rings (SSSR count). The van der Waals surface area contributed by atoms with Crippen LogP contribution in [0.1, 0.15) is 0 Å². The van der Waals surface area contributed by atoms with Crippen LogP contribution in [0.4, 0.5) is 0 Å². The first-order chi connectivity index (χ1) is 40.7. The third-order valence-electron chi connectivity index (χ3n) is 17.2. The van der Waals surface area contributed by atoms with Crippen LogP contribution in [0.2, 0.25) is 0 Å². The number of hydrogen-bond donors (Lipinski definition) is 0. The first kappa shape index (κ1) is 47.5. The number of aromatic nitrogens is 3. The number of rotatable bonds is 10. The van der Waals surface area contributed by atoms with Crippen LogP contribution in [0.3, 0.4) is 0 Å². The van der Waals surface area contributed by atoms with Crippen molar-refractivity contribution < 1.29 is 0 Å². The minimum Gasteiger partial charge on any atom is -0.309 e. The quantitative estimate of drug-likeness (QED) is 0.0958. The van der Waals surface area contributed by atoms with Crippen molar-refractivity contribution in [3.05, 3.63) is 322 Å². The predicted molar refractivity (Wildman–Crippen MR) is 349 cm³/mol. The highest BCUT2D eigenvalue weighted by Gasteiger charge is 2.41. The summed E-state index contributed by atoms with van der Waals surface area (Å²) >= 11 is 0. The molecule has 82 heavy (non-hydrogen) atoms. The van der Waals surface area contributed by atoms with Gasteiger partial charge in [0.2, 0.25) is 0 Å². The Morgan fingerprint density at radius 1 is 0.183 bits per heavy atom. The zero-order valence-electron chi connectivity index (χ0n) is 44.9. The molecular formula is C78H53N3Si. The molecule has 0 saturated heterocycles. The van der Waals surface area contributed by atoms with E-state index in [1.807, 2.05) is 0 Å². The van der Waals surface area contributed by atoms with Crippen LogP contribution < -0.4 is 20.7 Å². The molecule has 0 aliphatic carbocycles. The molecule has 3 aromatic heterocycles. The third-order valence-corrected chi connectivity index (χ3v) is 21.9. The van der Waals surface area contributed by atoms with Gasteiger partial charge < -0.3 is 13.7 Å². The van der Waals surface area contributed by atoms with Gasteiger partial charge in [-0.05, 0) is 127 Å². The van der Waals surface area contributed by atoms with Gasteiger partial charge in [0.25, 0.3) is 0 Å². The van der Waals surface area contributed by atoms with E-state index in [1.165, 1.54) is 103 Å². The molecular weight excluding hydrogens is 1010 g/mol. The molecule has 0 radical (unpaired) electrons. The minimum atomic E-state index is -2.83. The van der Waals surface area contributed by atoms with E-state index in [0.717, 1.165) is 33.7 Å². The van der Waals surface area contributed by atoms with Gasteiger partial charge in [-0.2, -0.15) is 0 Å². The highest BCUT2D eigenvalue weighted by atomic mass is 28.3. The normalized spacial score (nSPS) is 11.9. The summed E-state index contributed by atoms with van der Waals surface area (Å²) in [5, 5.41) is 12.7. The summed E-state index contributed by atoms with van der Waals surface area (Å²) in [7, 11) is -2.83. The molecule has 0 aliphatic rings. The predicted octanol–water partition coefficient (Wildman–Crippen LogP) is 17.4. The molecule has 0 unspecified atom stereocenters. The Morgan fingerprint density at radius 2 is 0.549 bits per heavy atom. The smallest absolute Gasteiger partial charge is 0.179 e. The van der Waals surface area contributed by atoms with Crippen LogP contribution in [0.5, 0.6) is 0 Å². The van der Waals surface area contributed by atoms with Crippen molar-refractivity contribution in [2.45, 2.75) is 0 Å². The Labute approximate surface area is 477 Å². The average Bonchev–Trinajstić information content (AvgIpc) is 4.16. The van der Waals surface area contributed by atoms with Crippen molar-refractivity contribution in [3.63, 3.8) is 0 Å². The lowest BCUT2D eigenvalue weighted by molar-refractivity contribution is 1.13. The van der Waals surface area contributed by atoms with Crippen LogP contribution in [0, 0.1) is 0 Å². The zero-order chi connectivity index (χ0) is 54.1. The molecule has 384 valence electrons. The lowest BCUT2D eigenvalue weighted by Crippen LogP contribution is -2.74. The Kier molecular flexibility index (Phi) is 11.2. The van der Waals surface area contributed by atoms with Gasteiger partial charge in [-0.1, -0.05) is 249 Å². The summed E-state index contributed by atoms with van der Waals surface area (Å²) in [6.45, 7) is 0. The topological polar surface area (TPSA) is 14.8 Å². The first-order valence-electron chi connectivity index (χ1n) is 28.3. The van der Waals surface area contributed by atoms with Crippen LogP contribution in [-0.2, 0) is 0 Å². The van der Waals surface area contributed by atoms with Gasteiger partial charge in [0.05, 0.1) is 33.1 Å². The first-order valence-corrected chi connectivity index (χ1v) is 30.3. The van der Waals surface area contributed by atoms with Crippen molar-refractivity contribution >= 4 is 94.2 Å². The van der Waals surface area contributed by atoms with E-state index in [0.29, 0.717) is 0 Å². The van der Waals surface area contributed by atoms with E-state index in [9.17, 15) is 0 Å². The van der Waals surface area contributed by atoms with Gasteiger partial charge in [-0.15, -0.1) is 0 Å². The van der Waals surface area contributed by atoms with Crippen LogP contribution in [-0.4, -0.2) is 21.8 Å². The van der Waals surface area contributed by atoms with Crippen LogP contribution in [0.15, 0.2) is 322 Å². The maximum absolute atomic E-state index is 2.83. The van der Waals surface area contributed by atoms with E-state index in [-0.39, 0.29) is 0 Å². The molecule has 0 amide bonds. The highest BCUT2D eigenvalue weighted by molar-refractivity contribution is 7.19. The van der Waals surface area contributed by atoms with Crippen molar-refractivity contribution in [2.75, 3.05) is 0 Å². The minimum absolute atomic E-state index is 1.09. The summed E-state index contributed by atoms with van der Waals surface area (Å²) in [4.78, 5) is 0. The lowest BCUT2D eigenvalue weighted by atomic mass is 9.94. The number of para-hydroxylation sites is 4. The average molecular weight is 1060 g/mol. The van der Waals surface area contributed by atoms with Gasteiger partial charge in [0, 0.05) is 49.4 Å². The second-order valence-corrected chi connectivity index (χ2v) is 25.4. The molecule has 0 saturated carbocycles. The molecule has 13 aromatic carbocycles. The fraction of sp³-hybridized carbons (Fsp3) is 0.